The molecule has 0 aromatic carbocycles. The van der Waals surface area contributed by atoms with Crippen LogP contribution in [0.2, 0.25) is 0 Å². The zero-order valence-electron chi connectivity index (χ0n) is 6.03. The molecule has 11 heavy (non-hydrogen) atoms. The molecule has 56 valence electrons. The van der Waals surface area contributed by atoms with Crippen molar-refractivity contribution in [2.75, 3.05) is 0 Å². The molecule has 0 atom stereocenters. The van der Waals surface area contributed by atoms with Crippen LogP contribution in [0.5, 0.6) is 0 Å². The van der Waals surface area contributed by atoms with Crippen molar-refractivity contribution in [3.63, 3.8) is 0 Å². The fourth-order valence-electron chi connectivity index (χ4n) is 0.871. The highest BCUT2D eigenvalue weighted by Gasteiger charge is 2.04. The Kier molecular flexibility index (Phi) is 1.25. The molecule has 0 spiro atoms. The summed E-state index contributed by atoms with van der Waals surface area (Å²) in [6.07, 6.45) is 3.63. The smallest absolute Gasteiger partial charge is 0.259 e. The normalized spacial score (nSPS) is 10.3. The van der Waals surface area contributed by atoms with Crippen LogP contribution < -0.4 is 0 Å². The van der Waals surface area contributed by atoms with Gasteiger partial charge in [-0.15, -0.1) is 0 Å². The number of hydrogen-bond donors (Lipinski definition) is 1. The number of nitrogens with zero attached hydrogens (tertiary/aromatic N) is 2. The lowest BCUT2D eigenvalue weighted by molar-refractivity contribution is 0.425. The number of rotatable bonds is 1. The molecule has 0 amide bonds. The first-order valence-corrected chi connectivity index (χ1v) is 3.30. The van der Waals surface area contributed by atoms with Gasteiger partial charge in [0.2, 0.25) is 0 Å². The van der Waals surface area contributed by atoms with Crippen LogP contribution in [0.4, 0.5) is 0 Å². The Morgan fingerprint density at radius 2 is 2.45 bits per heavy atom. The predicted octanol–water partition coefficient (Wildman–Crippen LogP) is 1.37. The Bertz CT molecular complexity index is 336. The van der Waals surface area contributed by atoms with Gasteiger partial charge in [-0.25, -0.2) is 0 Å². The summed E-state index contributed by atoms with van der Waals surface area (Å²) < 4.78 is 4.93. The van der Waals surface area contributed by atoms with Crippen LogP contribution in [0.3, 0.4) is 0 Å². The maximum absolute atomic E-state index is 4.93. The minimum atomic E-state index is 0.559. The number of nitrogens with one attached hydrogen (secondary N) is 1. The molecule has 0 aliphatic rings. The summed E-state index contributed by atoms with van der Waals surface area (Å²) >= 11 is 0. The van der Waals surface area contributed by atoms with E-state index < -0.39 is 0 Å². The second-order valence-corrected chi connectivity index (χ2v) is 2.25. The summed E-state index contributed by atoms with van der Waals surface area (Å²) in [7, 11) is 0. The highest BCUT2D eigenvalue weighted by atomic mass is 16.5. The number of aromatic amines is 1. The van der Waals surface area contributed by atoms with Gasteiger partial charge in [0.1, 0.15) is 0 Å². The first kappa shape index (κ1) is 6.15. The lowest BCUT2D eigenvalue weighted by Crippen LogP contribution is -1.73. The summed E-state index contributed by atoms with van der Waals surface area (Å²) in [4.78, 5) is 6.97. The first-order chi connectivity index (χ1) is 5.36. The van der Waals surface area contributed by atoms with Gasteiger partial charge in [-0.05, 0) is 13.0 Å². The third kappa shape index (κ3) is 1.02. The van der Waals surface area contributed by atoms with Gasteiger partial charge in [-0.2, -0.15) is 4.98 Å². The van der Waals surface area contributed by atoms with E-state index in [2.05, 4.69) is 15.1 Å². The summed E-state index contributed by atoms with van der Waals surface area (Å²) in [5.74, 6) is 1.21. The predicted molar refractivity (Wildman–Crippen MR) is 38.8 cm³/mol. The molecule has 2 heterocycles. The topological polar surface area (TPSA) is 54.7 Å². The third-order valence-electron chi connectivity index (χ3n) is 1.37. The molecule has 0 saturated carbocycles. The van der Waals surface area contributed by atoms with Crippen molar-refractivity contribution in [2.45, 2.75) is 6.92 Å². The first-order valence-electron chi connectivity index (χ1n) is 3.30. The fraction of sp³-hybridized carbons (Fsp3) is 0.143. The van der Waals surface area contributed by atoms with Crippen LogP contribution in [0.1, 0.15) is 5.82 Å². The SMILES string of the molecule is Cc1noc(-c2cc[nH]c2)n1. The van der Waals surface area contributed by atoms with E-state index in [0.29, 0.717) is 11.7 Å². The maximum Gasteiger partial charge on any atom is 0.259 e. The molecule has 0 fully saturated rings. The van der Waals surface area contributed by atoms with Gasteiger partial charge in [0.15, 0.2) is 5.82 Å². The van der Waals surface area contributed by atoms with Crippen molar-refractivity contribution in [3.05, 3.63) is 24.3 Å². The molecule has 0 aliphatic heterocycles. The van der Waals surface area contributed by atoms with Crippen molar-refractivity contribution >= 4 is 0 Å². The molecule has 1 N–H and O–H groups in total. The second-order valence-electron chi connectivity index (χ2n) is 2.25. The minimum Gasteiger partial charge on any atom is -0.367 e. The van der Waals surface area contributed by atoms with E-state index in [1.165, 1.54) is 0 Å². The molecule has 2 rings (SSSR count). The minimum absolute atomic E-state index is 0.559. The Hall–Kier alpha value is -1.58. The zero-order valence-corrected chi connectivity index (χ0v) is 6.03. The van der Waals surface area contributed by atoms with Crippen LogP contribution >= 0.6 is 0 Å². The van der Waals surface area contributed by atoms with E-state index in [1.54, 1.807) is 6.92 Å². The summed E-state index contributed by atoms with van der Waals surface area (Å²) in [5, 5.41) is 3.67. The fourth-order valence-corrected chi connectivity index (χ4v) is 0.871. The molecule has 0 bridgehead atoms. The Labute approximate surface area is 63.2 Å². The molecular weight excluding hydrogens is 142 g/mol. The van der Waals surface area contributed by atoms with Crippen LogP contribution in [0, 0.1) is 6.92 Å². The molecule has 2 aromatic heterocycles. The number of aryl methyl sites for hydroxylation is 1. The largest absolute Gasteiger partial charge is 0.367 e. The maximum atomic E-state index is 4.93. The number of aromatic nitrogens is 3. The van der Waals surface area contributed by atoms with Gasteiger partial charge >= 0.3 is 0 Å². The van der Waals surface area contributed by atoms with Gasteiger partial charge in [0, 0.05) is 12.4 Å². The molecule has 4 heteroatoms. The summed E-state index contributed by atoms with van der Waals surface area (Å²) in [5.41, 5.74) is 0.922. The van der Waals surface area contributed by atoms with Gasteiger partial charge in [-0.3, -0.25) is 0 Å². The van der Waals surface area contributed by atoms with E-state index in [1.807, 2.05) is 18.5 Å². The highest BCUT2D eigenvalue weighted by Crippen LogP contribution is 2.14. The van der Waals surface area contributed by atoms with Crippen molar-refractivity contribution < 1.29 is 4.52 Å². The molecule has 2 aromatic rings. The third-order valence-corrected chi connectivity index (χ3v) is 1.37. The average molecular weight is 149 g/mol. The van der Waals surface area contributed by atoms with Crippen molar-refractivity contribution in [1.82, 2.24) is 15.1 Å². The highest BCUT2D eigenvalue weighted by molar-refractivity contribution is 5.50. The standard InChI is InChI=1S/C7H7N3O/c1-5-9-7(11-10-5)6-2-3-8-4-6/h2-4,8H,1H3. The second kappa shape index (κ2) is 2.23. The lowest BCUT2D eigenvalue weighted by atomic mass is 10.3. The molecule has 0 aliphatic carbocycles. The van der Waals surface area contributed by atoms with Crippen LogP contribution in [-0.4, -0.2) is 15.1 Å². The van der Waals surface area contributed by atoms with Gasteiger partial charge in [-0.1, -0.05) is 5.16 Å². The van der Waals surface area contributed by atoms with Gasteiger partial charge in [0.25, 0.3) is 5.89 Å². The molecule has 0 unspecified atom stereocenters. The Morgan fingerprint density at radius 3 is 3.00 bits per heavy atom. The zero-order chi connectivity index (χ0) is 7.68. The van der Waals surface area contributed by atoms with E-state index in [4.69, 9.17) is 4.52 Å². The Balaban J connectivity index is 2.45. The van der Waals surface area contributed by atoms with Crippen molar-refractivity contribution in [1.29, 1.82) is 0 Å². The van der Waals surface area contributed by atoms with Crippen LogP contribution in [0.25, 0.3) is 11.5 Å². The van der Waals surface area contributed by atoms with Crippen LogP contribution in [-0.2, 0) is 0 Å². The van der Waals surface area contributed by atoms with Crippen molar-refractivity contribution in [2.24, 2.45) is 0 Å². The monoisotopic (exact) mass is 149 g/mol. The number of hydrogen-bond acceptors (Lipinski definition) is 3. The number of H-pyrrole nitrogens is 1. The molecule has 0 radical (unpaired) electrons. The van der Waals surface area contributed by atoms with E-state index in [-0.39, 0.29) is 0 Å². The lowest BCUT2D eigenvalue weighted by Gasteiger charge is -1.81. The van der Waals surface area contributed by atoms with Gasteiger partial charge < -0.3 is 9.51 Å². The quantitative estimate of drug-likeness (QED) is 0.666. The molecule has 0 saturated heterocycles. The van der Waals surface area contributed by atoms with Crippen molar-refractivity contribution in [3.8, 4) is 11.5 Å². The molecule has 4 nitrogen and oxygen atoms in total. The summed E-state index contributed by atoms with van der Waals surface area (Å²) in [6, 6.07) is 1.88. The van der Waals surface area contributed by atoms with Crippen LogP contribution in [0.15, 0.2) is 23.0 Å². The molecular formula is C7H7N3O. The van der Waals surface area contributed by atoms with Gasteiger partial charge in [0.05, 0.1) is 5.56 Å². The summed E-state index contributed by atoms with van der Waals surface area (Å²) in [6.45, 7) is 1.79. The van der Waals surface area contributed by atoms with E-state index >= 15 is 0 Å². The average Bonchev–Trinajstić information content (AvgIpc) is 2.55. The van der Waals surface area contributed by atoms with E-state index in [0.717, 1.165) is 5.56 Å². The van der Waals surface area contributed by atoms with E-state index in [9.17, 15) is 0 Å². The Morgan fingerprint density at radius 1 is 1.55 bits per heavy atom.